The summed E-state index contributed by atoms with van der Waals surface area (Å²) in [6.07, 6.45) is 9.07. The first kappa shape index (κ1) is 21.2. The molecule has 0 spiro atoms. The van der Waals surface area contributed by atoms with Gasteiger partial charge in [-0.3, -0.25) is 0 Å². The Morgan fingerprint density at radius 1 is 1.12 bits per heavy atom. The second kappa shape index (κ2) is 8.47. The van der Waals surface area contributed by atoms with Gasteiger partial charge < -0.3 is 14.6 Å². The molecule has 7 rings (SSSR count). The van der Waals surface area contributed by atoms with Crippen LogP contribution in [0.15, 0.2) is 12.4 Å². The molecular weight excluding hydrogens is 443 g/mol. The van der Waals surface area contributed by atoms with E-state index in [4.69, 9.17) is 26.3 Å². The largest absolute Gasteiger partial charge is 0.378 e. The lowest BCUT2D eigenvalue weighted by atomic mass is 9.58. The molecule has 0 aromatic carbocycles. The first-order valence-corrected chi connectivity index (χ1v) is 12.4. The molecule has 2 bridgehead atoms. The number of nitrogens with one attached hydrogen (secondary N) is 1. The molecule has 0 amide bonds. The maximum Gasteiger partial charge on any atom is 0.187 e. The van der Waals surface area contributed by atoms with Gasteiger partial charge in [-0.1, -0.05) is 18.5 Å². The molecule has 3 aromatic rings. The lowest BCUT2D eigenvalue weighted by molar-refractivity contribution is 0.0334. The van der Waals surface area contributed by atoms with Crippen LogP contribution in [0.4, 0.5) is 10.2 Å². The predicted octanol–water partition coefficient (Wildman–Crippen LogP) is 4.66. The summed E-state index contributed by atoms with van der Waals surface area (Å²) in [6.45, 7) is 4.69. The lowest BCUT2D eigenvalue weighted by Gasteiger charge is -2.47. The zero-order chi connectivity index (χ0) is 22.5. The van der Waals surface area contributed by atoms with Crippen LogP contribution in [-0.4, -0.2) is 51.2 Å². The molecule has 1 saturated heterocycles. The molecule has 0 unspecified atom stereocenters. The fraction of sp³-hybridized carbons (Fsp3) is 0.583. The monoisotopic (exact) mass is 470 g/mol. The van der Waals surface area contributed by atoms with Crippen molar-refractivity contribution in [3.8, 4) is 11.4 Å². The number of aromatic amines is 1. The number of anilines is 1. The molecule has 33 heavy (non-hydrogen) atoms. The molecular formula is C24H28ClFN6O. The van der Waals surface area contributed by atoms with E-state index in [1.807, 2.05) is 4.90 Å². The van der Waals surface area contributed by atoms with Gasteiger partial charge in [0.15, 0.2) is 23.1 Å². The fourth-order valence-corrected chi connectivity index (χ4v) is 6.35. The van der Waals surface area contributed by atoms with Crippen LogP contribution in [0, 0.1) is 29.5 Å². The van der Waals surface area contributed by atoms with Crippen LogP contribution in [-0.2, 0) is 11.2 Å². The fourth-order valence-electron chi connectivity index (χ4n) is 6.21. The summed E-state index contributed by atoms with van der Waals surface area (Å²) < 4.78 is 21.4. The van der Waals surface area contributed by atoms with Crippen LogP contribution in [0.3, 0.4) is 0 Å². The minimum atomic E-state index is -0.293. The Labute approximate surface area is 197 Å². The van der Waals surface area contributed by atoms with Crippen LogP contribution in [0.1, 0.15) is 38.3 Å². The predicted molar refractivity (Wildman–Crippen MR) is 125 cm³/mol. The maximum absolute atomic E-state index is 15.9. The number of hydrogen-bond donors (Lipinski definition) is 1. The number of rotatable bonds is 4. The molecule has 4 fully saturated rings. The first-order chi connectivity index (χ1) is 16.1. The van der Waals surface area contributed by atoms with Gasteiger partial charge in [0.25, 0.3) is 0 Å². The van der Waals surface area contributed by atoms with Crippen molar-refractivity contribution in [1.82, 2.24) is 24.9 Å². The van der Waals surface area contributed by atoms with Gasteiger partial charge in [0.1, 0.15) is 10.7 Å². The smallest absolute Gasteiger partial charge is 0.187 e. The maximum atomic E-state index is 15.9. The van der Waals surface area contributed by atoms with Crippen molar-refractivity contribution in [2.45, 2.75) is 39.0 Å². The zero-order valence-electron chi connectivity index (χ0n) is 18.7. The van der Waals surface area contributed by atoms with E-state index in [0.29, 0.717) is 89.7 Å². The summed E-state index contributed by atoms with van der Waals surface area (Å²) in [6, 6.07) is 0. The second-order valence-electron chi connectivity index (χ2n) is 9.73. The number of fused-ring (bicyclic) bond motifs is 4. The molecule has 3 aromatic heterocycles. The third-order valence-electron chi connectivity index (χ3n) is 8.08. The van der Waals surface area contributed by atoms with Crippen molar-refractivity contribution in [3.05, 3.63) is 29.1 Å². The van der Waals surface area contributed by atoms with Gasteiger partial charge in [0.2, 0.25) is 0 Å². The number of H-pyrrole nitrogens is 1. The minimum Gasteiger partial charge on any atom is -0.378 e. The zero-order valence-corrected chi connectivity index (χ0v) is 19.5. The molecule has 3 saturated carbocycles. The van der Waals surface area contributed by atoms with Gasteiger partial charge in [-0.25, -0.2) is 24.3 Å². The van der Waals surface area contributed by atoms with Crippen molar-refractivity contribution < 1.29 is 9.13 Å². The Morgan fingerprint density at radius 2 is 1.88 bits per heavy atom. The summed E-state index contributed by atoms with van der Waals surface area (Å²) in [7, 11) is 0. The van der Waals surface area contributed by atoms with E-state index in [1.54, 1.807) is 6.20 Å². The highest BCUT2D eigenvalue weighted by molar-refractivity contribution is 6.29. The van der Waals surface area contributed by atoms with E-state index < -0.39 is 0 Å². The summed E-state index contributed by atoms with van der Waals surface area (Å²) in [5.41, 5.74) is 2.40. The van der Waals surface area contributed by atoms with E-state index in [-0.39, 0.29) is 5.82 Å². The van der Waals surface area contributed by atoms with Crippen molar-refractivity contribution >= 4 is 28.6 Å². The Bertz CT molecular complexity index is 1170. The van der Waals surface area contributed by atoms with Gasteiger partial charge in [-0.15, -0.1) is 0 Å². The standard InChI is InChI=1S/C24H28ClFN6O/c1-13-14-2-4-15(5-3-14)16(13)10-18-20(26)24(32-6-8-33-9-7-32)31-22(29-18)17-11-27-23-21(17)30-19(25)12-28-23/h11-16H,2-10H2,1H3,(H,27,28)/t13-,14?,15?,16+/m0/s1. The van der Waals surface area contributed by atoms with Crippen molar-refractivity contribution in [1.29, 1.82) is 0 Å². The summed E-state index contributed by atoms with van der Waals surface area (Å²) >= 11 is 6.12. The number of nitrogens with zero attached hydrogens (tertiary/aromatic N) is 5. The molecule has 7 nitrogen and oxygen atoms in total. The van der Waals surface area contributed by atoms with Crippen LogP contribution in [0.2, 0.25) is 5.15 Å². The van der Waals surface area contributed by atoms with E-state index >= 15 is 4.39 Å². The SMILES string of the molecule is C[C@H]1C2CCC(CC2)[C@@H]1Cc1nc(-c2c[nH]c3ncc(Cl)nc23)nc(N2CCOCC2)c1F. The van der Waals surface area contributed by atoms with Gasteiger partial charge in [-0.05, 0) is 55.8 Å². The van der Waals surface area contributed by atoms with Gasteiger partial charge in [-0.2, -0.15) is 0 Å². The van der Waals surface area contributed by atoms with Crippen molar-refractivity contribution in [2.75, 3.05) is 31.2 Å². The van der Waals surface area contributed by atoms with Crippen LogP contribution < -0.4 is 4.90 Å². The highest BCUT2D eigenvalue weighted by Crippen LogP contribution is 2.50. The third-order valence-corrected chi connectivity index (χ3v) is 8.26. The number of hydrogen-bond acceptors (Lipinski definition) is 6. The molecule has 2 atom stereocenters. The molecule has 4 heterocycles. The average molecular weight is 471 g/mol. The quantitative estimate of drug-likeness (QED) is 0.597. The Morgan fingerprint density at radius 3 is 2.64 bits per heavy atom. The third kappa shape index (κ3) is 3.77. The Balaban J connectivity index is 1.45. The van der Waals surface area contributed by atoms with Crippen LogP contribution in [0.5, 0.6) is 0 Å². The number of aromatic nitrogens is 5. The number of halogens is 2. The van der Waals surface area contributed by atoms with Gasteiger partial charge in [0, 0.05) is 19.3 Å². The average Bonchev–Trinajstić information content (AvgIpc) is 3.26. The lowest BCUT2D eigenvalue weighted by Crippen LogP contribution is -2.40. The second-order valence-corrected chi connectivity index (χ2v) is 10.1. The highest BCUT2D eigenvalue weighted by atomic mass is 35.5. The molecule has 0 radical (unpaired) electrons. The van der Waals surface area contributed by atoms with E-state index in [9.17, 15) is 0 Å². The van der Waals surface area contributed by atoms with E-state index in [2.05, 4.69) is 21.9 Å². The van der Waals surface area contributed by atoms with E-state index in [0.717, 1.165) is 5.92 Å². The van der Waals surface area contributed by atoms with Gasteiger partial charge >= 0.3 is 0 Å². The molecule has 1 N–H and O–H groups in total. The molecule has 3 aliphatic carbocycles. The van der Waals surface area contributed by atoms with Crippen LogP contribution in [0.25, 0.3) is 22.6 Å². The molecule has 1 aliphatic heterocycles. The molecule has 9 heteroatoms. The summed E-state index contributed by atoms with van der Waals surface area (Å²) in [5.74, 6) is 3.00. The summed E-state index contributed by atoms with van der Waals surface area (Å²) in [4.78, 5) is 23.3. The van der Waals surface area contributed by atoms with Crippen molar-refractivity contribution in [3.63, 3.8) is 0 Å². The minimum absolute atomic E-state index is 0.293. The Kier molecular flexibility index (Phi) is 5.45. The number of morpholine rings is 1. The normalized spacial score (nSPS) is 27.4. The van der Waals surface area contributed by atoms with Crippen LogP contribution >= 0.6 is 11.6 Å². The number of ether oxygens (including phenoxy) is 1. The Hall–Kier alpha value is -2.32. The summed E-state index contributed by atoms with van der Waals surface area (Å²) in [5, 5.41) is 0.297. The van der Waals surface area contributed by atoms with Gasteiger partial charge in [0.05, 0.1) is 30.7 Å². The van der Waals surface area contributed by atoms with E-state index in [1.165, 1.54) is 31.9 Å². The first-order valence-electron chi connectivity index (χ1n) is 12.0. The highest BCUT2D eigenvalue weighted by Gasteiger charge is 2.41. The topological polar surface area (TPSA) is 79.8 Å². The molecule has 4 aliphatic rings. The van der Waals surface area contributed by atoms with Crippen molar-refractivity contribution in [2.24, 2.45) is 23.7 Å². The molecule has 174 valence electrons.